The highest BCUT2D eigenvalue weighted by Crippen LogP contribution is 2.01. The molecule has 5 nitrogen and oxygen atoms in total. The molecular weight excluding hydrogens is 180 g/mol. The number of aryl methyl sites for hydroxylation is 4. The summed E-state index contributed by atoms with van der Waals surface area (Å²) in [5.41, 5.74) is 1.07. The number of H-pyrrole nitrogens is 1. The first-order valence-corrected chi connectivity index (χ1v) is 4.54. The third kappa shape index (κ3) is 1.99. The number of aromatic nitrogens is 4. The van der Waals surface area contributed by atoms with Gasteiger partial charge in [0, 0.05) is 31.7 Å². The van der Waals surface area contributed by atoms with Crippen molar-refractivity contribution in [1.82, 2.24) is 20.1 Å². The van der Waals surface area contributed by atoms with Gasteiger partial charge in [-0.1, -0.05) is 5.16 Å². The van der Waals surface area contributed by atoms with Crippen LogP contribution in [0.25, 0.3) is 0 Å². The highest BCUT2D eigenvalue weighted by Gasteiger charge is 2.04. The van der Waals surface area contributed by atoms with Gasteiger partial charge < -0.3 is 9.51 Å². The largest absolute Gasteiger partial charge is 0.346 e. The van der Waals surface area contributed by atoms with Gasteiger partial charge in [0.05, 0.1) is 0 Å². The molecule has 0 atom stereocenters. The lowest BCUT2D eigenvalue weighted by Crippen LogP contribution is -1.95. The number of hydrogen-bond donors (Lipinski definition) is 1. The highest BCUT2D eigenvalue weighted by atomic mass is 16.5. The van der Waals surface area contributed by atoms with Gasteiger partial charge in [0.2, 0.25) is 5.89 Å². The van der Waals surface area contributed by atoms with Crippen LogP contribution in [0.15, 0.2) is 10.7 Å². The molecule has 0 aliphatic carbocycles. The number of nitrogens with zero attached hydrogens (tertiary/aromatic N) is 3. The summed E-state index contributed by atoms with van der Waals surface area (Å²) < 4.78 is 4.87. The lowest BCUT2D eigenvalue weighted by molar-refractivity contribution is 0.387. The van der Waals surface area contributed by atoms with E-state index in [0.717, 1.165) is 30.2 Å². The van der Waals surface area contributed by atoms with Crippen LogP contribution in [-0.2, 0) is 12.8 Å². The van der Waals surface area contributed by atoms with E-state index in [1.165, 1.54) is 0 Å². The minimum absolute atomic E-state index is 0.607. The molecule has 1 N–H and O–H groups in total. The Morgan fingerprint density at radius 3 is 2.79 bits per heavy atom. The van der Waals surface area contributed by atoms with Crippen molar-refractivity contribution < 1.29 is 4.52 Å². The molecule has 74 valence electrons. The summed E-state index contributed by atoms with van der Waals surface area (Å²) in [5, 5.41) is 3.81. The van der Waals surface area contributed by atoms with Crippen molar-refractivity contribution in [3.8, 4) is 0 Å². The second-order valence-corrected chi connectivity index (χ2v) is 3.24. The van der Waals surface area contributed by atoms with Crippen LogP contribution < -0.4 is 0 Å². The van der Waals surface area contributed by atoms with Gasteiger partial charge in [-0.05, 0) is 6.92 Å². The van der Waals surface area contributed by atoms with E-state index in [4.69, 9.17) is 4.52 Å². The molecule has 2 rings (SSSR count). The zero-order valence-electron chi connectivity index (χ0n) is 8.24. The fourth-order valence-electron chi connectivity index (χ4n) is 1.27. The maximum atomic E-state index is 4.87. The third-order valence-corrected chi connectivity index (χ3v) is 1.91. The molecule has 0 aromatic carbocycles. The first kappa shape index (κ1) is 8.93. The normalized spacial score (nSPS) is 10.7. The molecule has 0 bridgehead atoms. The summed E-state index contributed by atoms with van der Waals surface area (Å²) in [5.74, 6) is 2.30. The van der Waals surface area contributed by atoms with Crippen LogP contribution in [0, 0.1) is 13.8 Å². The first-order valence-electron chi connectivity index (χ1n) is 4.54. The van der Waals surface area contributed by atoms with Crippen molar-refractivity contribution in [3.63, 3.8) is 0 Å². The molecule has 0 aliphatic rings. The molecule has 0 saturated carbocycles. The average Bonchev–Trinajstić information content (AvgIpc) is 2.72. The number of aromatic amines is 1. The molecule has 0 unspecified atom stereocenters. The molecule has 0 spiro atoms. The third-order valence-electron chi connectivity index (χ3n) is 1.91. The molecule has 2 aromatic rings. The van der Waals surface area contributed by atoms with Crippen molar-refractivity contribution in [2.75, 3.05) is 0 Å². The van der Waals surface area contributed by atoms with E-state index in [2.05, 4.69) is 20.1 Å². The lowest BCUT2D eigenvalue weighted by Gasteiger charge is -1.91. The molecule has 0 aliphatic heterocycles. The molecule has 5 heteroatoms. The van der Waals surface area contributed by atoms with Crippen LogP contribution in [0.5, 0.6) is 0 Å². The topological polar surface area (TPSA) is 67.6 Å². The summed E-state index contributed by atoms with van der Waals surface area (Å²) in [4.78, 5) is 11.5. The van der Waals surface area contributed by atoms with Crippen molar-refractivity contribution in [3.05, 3.63) is 29.4 Å². The van der Waals surface area contributed by atoms with E-state index < -0.39 is 0 Å². The SMILES string of the molecule is Cc1cnc(CCc2noc(C)n2)[nH]1. The fraction of sp³-hybridized carbons (Fsp3) is 0.444. The van der Waals surface area contributed by atoms with Crippen LogP contribution in [0.3, 0.4) is 0 Å². The average molecular weight is 192 g/mol. The first-order chi connectivity index (χ1) is 6.74. The van der Waals surface area contributed by atoms with E-state index in [0.29, 0.717) is 5.89 Å². The Bertz CT molecular complexity index is 378. The van der Waals surface area contributed by atoms with Crippen molar-refractivity contribution in [2.45, 2.75) is 26.7 Å². The van der Waals surface area contributed by atoms with E-state index >= 15 is 0 Å². The minimum Gasteiger partial charge on any atom is -0.346 e. The molecule has 0 saturated heterocycles. The van der Waals surface area contributed by atoms with Crippen LogP contribution >= 0.6 is 0 Å². The molecule has 2 heterocycles. The second-order valence-electron chi connectivity index (χ2n) is 3.24. The predicted octanol–water partition coefficient (Wildman–Crippen LogP) is 1.19. The summed E-state index contributed by atoms with van der Waals surface area (Å²) in [6, 6.07) is 0. The zero-order chi connectivity index (χ0) is 9.97. The van der Waals surface area contributed by atoms with Crippen LogP contribution in [0.4, 0.5) is 0 Å². The summed E-state index contributed by atoms with van der Waals surface area (Å²) in [6.45, 7) is 3.77. The smallest absolute Gasteiger partial charge is 0.223 e. The lowest BCUT2D eigenvalue weighted by atomic mass is 10.3. The Hall–Kier alpha value is -1.65. The molecule has 0 fully saturated rings. The molecule has 14 heavy (non-hydrogen) atoms. The van der Waals surface area contributed by atoms with Crippen molar-refractivity contribution in [1.29, 1.82) is 0 Å². The Morgan fingerprint density at radius 2 is 2.21 bits per heavy atom. The summed E-state index contributed by atoms with van der Waals surface area (Å²) >= 11 is 0. The van der Waals surface area contributed by atoms with Gasteiger partial charge in [-0.3, -0.25) is 0 Å². The fourth-order valence-corrected chi connectivity index (χ4v) is 1.27. The molecule has 0 amide bonds. The summed E-state index contributed by atoms with van der Waals surface area (Å²) in [6.07, 6.45) is 3.38. The Morgan fingerprint density at radius 1 is 1.36 bits per heavy atom. The quantitative estimate of drug-likeness (QED) is 0.793. The van der Waals surface area contributed by atoms with Crippen molar-refractivity contribution in [2.24, 2.45) is 0 Å². The zero-order valence-corrected chi connectivity index (χ0v) is 8.24. The summed E-state index contributed by atoms with van der Waals surface area (Å²) in [7, 11) is 0. The standard InChI is InChI=1S/C9H12N4O/c1-6-5-10-8(11-6)3-4-9-12-7(2)14-13-9/h5H,3-4H2,1-2H3,(H,10,11). The number of imidazole rings is 1. The van der Waals surface area contributed by atoms with Gasteiger partial charge in [0.15, 0.2) is 5.82 Å². The van der Waals surface area contributed by atoms with Gasteiger partial charge >= 0.3 is 0 Å². The van der Waals surface area contributed by atoms with E-state index in [1.807, 2.05) is 13.1 Å². The Balaban J connectivity index is 1.94. The number of hydrogen-bond acceptors (Lipinski definition) is 4. The van der Waals surface area contributed by atoms with E-state index in [1.54, 1.807) is 6.92 Å². The highest BCUT2D eigenvalue weighted by molar-refractivity contribution is 5.00. The van der Waals surface area contributed by atoms with Gasteiger partial charge in [0.1, 0.15) is 5.82 Å². The van der Waals surface area contributed by atoms with Gasteiger partial charge in [-0.25, -0.2) is 4.98 Å². The maximum Gasteiger partial charge on any atom is 0.223 e. The van der Waals surface area contributed by atoms with Crippen LogP contribution in [-0.4, -0.2) is 20.1 Å². The maximum absolute atomic E-state index is 4.87. The Kier molecular flexibility index (Phi) is 2.30. The van der Waals surface area contributed by atoms with E-state index in [9.17, 15) is 0 Å². The predicted molar refractivity (Wildman–Crippen MR) is 49.8 cm³/mol. The van der Waals surface area contributed by atoms with E-state index in [-0.39, 0.29) is 0 Å². The number of nitrogens with one attached hydrogen (secondary N) is 1. The molecule has 2 aromatic heterocycles. The minimum atomic E-state index is 0.607. The van der Waals surface area contributed by atoms with Crippen LogP contribution in [0.1, 0.15) is 23.2 Å². The second kappa shape index (κ2) is 3.61. The van der Waals surface area contributed by atoms with Gasteiger partial charge in [-0.2, -0.15) is 4.98 Å². The monoisotopic (exact) mass is 192 g/mol. The molecule has 0 radical (unpaired) electrons. The van der Waals surface area contributed by atoms with Crippen LogP contribution in [0.2, 0.25) is 0 Å². The van der Waals surface area contributed by atoms with Gasteiger partial charge in [-0.15, -0.1) is 0 Å². The van der Waals surface area contributed by atoms with Gasteiger partial charge in [0.25, 0.3) is 0 Å². The number of rotatable bonds is 3. The Labute approximate surface area is 81.6 Å². The van der Waals surface area contributed by atoms with Crippen molar-refractivity contribution >= 4 is 0 Å². The molecular formula is C9H12N4O.